The number of halogens is 2. The third-order valence-corrected chi connectivity index (χ3v) is 2.66. The van der Waals surface area contributed by atoms with E-state index >= 15 is 0 Å². The number of alkyl halides is 2. The number of aliphatic hydroxyl groups is 1. The van der Waals surface area contributed by atoms with Gasteiger partial charge in [0, 0.05) is 7.05 Å². The summed E-state index contributed by atoms with van der Waals surface area (Å²) in [6.07, 6.45) is -4.51. The van der Waals surface area contributed by atoms with Crippen LogP contribution in [-0.2, 0) is 0 Å². The number of rotatable bonds is 2. The van der Waals surface area contributed by atoms with Gasteiger partial charge in [-0.2, -0.15) is 0 Å². The molecule has 1 atom stereocenters. The molecule has 1 aromatic rings. The van der Waals surface area contributed by atoms with Gasteiger partial charge in [0.1, 0.15) is 18.5 Å². The van der Waals surface area contributed by atoms with Gasteiger partial charge in [-0.3, -0.25) is 0 Å². The number of likely N-dealkylation sites (N-methyl/N-ethyl adjacent to an activating group) is 1. The summed E-state index contributed by atoms with van der Waals surface area (Å²) < 4.78 is 30.1. The number of hydrogen-bond donors (Lipinski definition) is 1. The maximum absolute atomic E-state index is 12.3. The fraction of sp³-hybridized carbons (Fsp3) is 0.455. The molecule has 1 aliphatic heterocycles. The monoisotopic (exact) mass is 229 g/mol. The highest BCUT2D eigenvalue weighted by Gasteiger charge is 2.22. The van der Waals surface area contributed by atoms with Crippen molar-refractivity contribution in [3.8, 4) is 5.75 Å². The van der Waals surface area contributed by atoms with E-state index in [2.05, 4.69) is 0 Å². The molecule has 0 bridgehead atoms. The molecule has 0 aliphatic carbocycles. The molecular formula is C11H13F2NO2. The van der Waals surface area contributed by atoms with Crippen LogP contribution in [0.25, 0.3) is 0 Å². The quantitative estimate of drug-likeness (QED) is 0.839. The summed E-state index contributed by atoms with van der Waals surface area (Å²) >= 11 is 0. The summed E-state index contributed by atoms with van der Waals surface area (Å²) in [5.74, 6) is 0.666. The van der Waals surface area contributed by atoms with Crippen molar-refractivity contribution < 1.29 is 18.6 Å². The zero-order valence-electron chi connectivity index (χ0n) is 8.86. The molecule has 1 heterocycles. The first-order valence-electron chi connectivity index (χ1n) is 5.03. The molecule has 16 heavy (non-hydrogen) atoms. The zero-order valence-corrected chi connectivity index (χ0v) is 8.86. The molecule has 1 aliphatic rings. The molecule has 0 aromatic heterocycles. The standard InChI is InChI=1S/C11H13F2NO2/c1-14-4-5-16-9-3-2-7(6-8(9)14)10(15)11(12)13/h2-3,6,10-11,15H,4-5H2,1H3. The largest absolute Gasteiger partial charge is 0.490 e. The molecule has 5 heteroatoms. The molecule has 0 radical (unpaired) electrons. The fourth-order valence-corrected chi connectivity index (χ4v) is 1.70. The molecule has 0 saturated heterocycles. The molecule has 1 aromatic carbocycles. The smallest absolute Gasteiger partial charge is 0.268 e. The average Bonchev–Trinajstić information content (AvgIpc) is 2.28. The van der Waals surface area contributed by atoms with Crippen LogP contribution in [-0.4, -0.2) is 31.7 Å². The number of fused-ring (bicyclic) bond motifs is 1. The highest BCUT2D eigenvalue weighted by molar-refractivity contribution is 5.61. The molecule has 0 saturated carbocycles. The van der Waals surface area contributed by atoms with Gasteiger partial charge in [0.25, 0.3) is 6.43 Å². The second kappa shape index (κ2) is 4.25. The molecule has 0 fully saturated rings. The van der Waals surface area contributed by atoms with Crippen molar-refractivity contribution in [1.82, 2.24) is 0 Å². The normalized spacial score (nSPS) is 16.9. The molecular weight excluding hydrogens is 216 g/mol. The first kappa shape index (κ1) is 11.1. The molecule has 1 unspecified atom stereocenters. The number of nitrogens with zero attached hydrogens (tertiary/aromatic N) is 1. The van der Waals surface area contributed by atoms with Gasteiger partial charge in [0.15, 0.2) is 0 Å². The van der Waals surface area contributed by atoms with Crippen molar-refractivity contribution in [2.24, 2.45) is 0 Å². The van der Waals surface area contributed by atoms with Crippen molar-refractivity contribution >= 4 is 5.69 Å². The highest BCUT2D eigenvalue weighted by Crippen LogP contribution is 2.34. The van der Waals surface area contributed by atoms with Crippen LogP contribution in [0, 0.1) is 0 Å². The second-order valence-electron chi connectivity index (χ2n) is 3.78. The predicted octanol–water partition coefficient (Wildman–Crippen LogP) is 1.81. The number of ether oxygens (including phenoxy) is 1. The third-order valence-electron chi connectivity index (χ3n) is 2.66. The van der Waals surface area contributed by atoms with E-state index in [-0.39, 0.29) is 5.56 Å². The Morgan fingerprint density at radius 1 is 1.44 bits per heavy atom. The van der Waals surface area contributed by atoms with Gasteiger partial charge in [-0.05, 0) is 17.7 Å². The Bertz CT molecular complexity index is 384. The van der Waals surface area contributed by atoms with Crippen LogP contribution in [0.1, 0.15) is 11.7 Å². The molecule has 0 spiro atoms. The minimum Gasteiger partial charge on any atom is -0.490 e. The lowest BCUT2D eigenvalue weighted by molar-refractivity contribution is -0.00579. The van der Waals surface area contributed by atoms with Crippen molar-refractivity contribution in [3.63, 3.8) is 0 Å². The number of benzene rings is 1. The number of hydrogen-bond acceptors (Lipinski definition) is 3. The van der Waals surface area contributed by atoms with Crippen LogP contribution in [0.2, 0.25) is 0 Å². The van der Waals surface area contributed by atoms with Gasteiger partial charge >= 0.3 is 0 Å². The van der Waals surface area contributed by atoms with Crippen molar-refractivity contribution in [2.45, 2.75) is 12.5 Å². The lowest BCUT2D eigenvalue weighted by Gasteiger charge is -2.28. The van der Waals surface area contributed by atoms with Crippen LogP contribution >= 0.6 is 0 Å². The summed E-state index contributed by atoms with van der Waals surface area (Å²) in [4.78, 5) is 1.92. The van der Waals surface area contributed by atoms with Crippen LogP contribution < -0.4 is 9.64 Å². The minimum absolute atomic E-state index is 0.214. The van der Waals surface area contributed by atoms with E-state index in [1.165, 1.54) is 6.07 Å². The summed E-state index contributed by atoms with van der Waals surface area (Å²) in [6, 6.07) is 4.63. The lowest BCUT2D eigenvalue weighted by Crippen LogP contribution is -2.29. The number of anilines is 1. The maximum Gasteiger partial charge on any atom is 0.268 e. The Balaban J connectivity index is 2.34. The van der Waals surface area contributed by atoms with Crippen LogP contribution in [0.4, 0.5) is 14.5 Å². The maximum atomic E-state index is 12.3. The predicted molar refractivity (Wildman–Crippen MR) is 56.2 cm³/mol. The van der Waals surface area contributed by atoms with E-state index in [0.717, 1.165) is 5.69 Å². The average molecular weight is 229 g/mol. The SMILES string of the molecule is CN1CCOc2ccc(C(O)C(F)F)cc21. The van der Waals surface area contributed by atoms with E-state index in [1.807, 2.05) is 11.9 Å². The van der Waals surface area contributed by atoms with E-state index in [0.29, 0.717) is 18.9 Å². The van der Waals surface area contributed by atoms with Gasteiger partial charge in [-0.15, -0.1) is 0 Å². The first-order chi connectivity index (χ1) is 7.59. The van der Waals surface area contributed by atoms with Crippen molar-refractivity contribution in [1.29, 1.82) is 0 Å². The summed E-state index contributed by atoms with van der Waals surface area (Å²) in [5.41, 5.74) is 0.953. The summed E-state index contributed by atoms with van der Waals surface area (Å²) in [7, 11) is 1.86. The van der Waals surface area contributed by atoms with Gasteiger partial charge in [-0.25, -0.2) is 8.78 Å². The Hall–Kier alpha value is -1.36. The van der Waals surface area contributed by atoms with Crippen LogP contribution in [0.5, 0.6) is 5.75 Å². The summed E-state index contributed by atoms with van der Waals surface area (Å²) in [6.45, 7) is 1.29. The van der Waals surface area contributed by atoms with Crippen molar-refractivity contribution in [2.75, 3.05) is 25.1 Å². The summed E-state index contributed by atoms with van der Waals surface area (Å²) in [5, 5.41) is 9.28. The Morgan fingerprint density at radius 3 is 2.88 bits per heavy atom. The Morgan fingerprint density at radius 2 is 2.19 bits per heavy atom. The molecule has 0 amide bonds. The van der Waals surface area contributed by atoms with Gasteiger partial charge in [-0.1, -0.05) is 6.07 Å². The van der Waals surface area contributed by atoms with Crippen LogP contribution in [0.15, 0.2) is 18.2 Å². The topological polar surface area (TPSA) is 32.7 Å². The third kappa shape index (κ3) is 1.95. The highest BCUT2D eigenvalue weighted by atomic mass is 19.3. The Labute approximate surface area is 92.2 Å². The second-order valence-corrected chi connectivity index (χ2v) is 3.78. The molecule has 3 nitrogen and oxygen atoms in total. The number of aliphatic hydroxyl groups excluding tert-OH is 1. The van der Waals surface area contributed by atoms with Gasteiger partial charge < -0.3 is 14.7 Å². The fourth-order valence-electron chi connectivity index (χ4n) is 1.70. The van der Waals surface area contributed by atoms with E-state index in [9.17, 15) is 13.9 Å². The van der Waals surface area contributed by atoms with Gasteiger partial charge in [0.05, 0.1) is 12.2 Å². The van der Waals surface area contributed by atoms with E-state index in [1.54, 1.807) is 12.1 Å². The molecule has 88 valence electrons. The lowest BCUT2D eigenvalue weighted by atomic mass is 10.1. The van der Waals surface area contributed by atoms with Gasteiger partial charge in [0.2, 0.25) is 0 Å². The molecule has 1 N–H and O–H groups in total. The zero-order chi connectivity index (χ0) is 11.7. The van der Waals surface area contributed by atoms with E-state index < -0.39 is 12.5 Å². The molecule has 2 rings (SSSR count). The first-order valence-corrected chi connectivity index (χ1v) is 5.03. The van der Waals surface area contributed by atoms with Crippen molar-refractivity contribution in [3.05, 3.63) is 23.8 Å². The minimum atomic E-state index is -2.77. The Kier molecular flexibility index (Phi) is 2.96. The van der Waals surface area contributed by atoms with E-state index in [4.69, 9.17) is 4.74 Å². The van der Waals surface area contributed by atoms with Crippen LogP contribution in [0.3, 0.4) is 0 Å².